The highest BCUT2D eigenvalue weighted by molar-refractivity contribution is 7.80. The molecule has 0 aliphatic carbocycles. The molecule has 0 bridgehead atoms. The summed E-state index contributed by atoms with van der Waals surface area (Å²) in [7, 11) is 0. The topological polar surface area (TPSA) is 42.5 Å². The van der Waals surface area contributed by atoms with E-state index in [0.29, 0.717) is 11.7 Å². The fraction of sp³-hybridized carbons (Fsp3) is 0.500. The first-order chi connectivity index (χ1) is 10.0. The number of rotatable bonds is 5. The summed E-state index contributed by atoms with van der Waals surface area (Å²) in [5, 5.41) is 6.61. The van der Waals surface area contributed by atoms with Gasteiger partial charge in [-0.05, 0) is 55.7 Å². The average molecular weight is 316 g/mol. The first kappa shape index (κ1) is 15.9. The number of ether oxygens (including phenoxy) is 2. The number of benzene rings is 1. The van der Waals surface area contributed by atoms with Crippen LogP contribution in [0.1, 0.15) is 18.4 Å². The zero-order chi connectivity index (χ0) is 15.2. The zero-order valence-corrected chi connectivity index (χ0v) is 12.5. The lowest BCUT2D eigenvalue weighted by atomic mass is 10.2. The van der Waals surface area contributed by atoms with Crippen molar-refractivity contribution in [1.82, 2.24) is 5.32 Å². The fourth-order valence-electron chi connectivity index (χ4n) is 2.13. The Hall–Kier alpha value is -1.47. The second kappa shape index (κ2) is 7.51. The van der Waals surface area contributed by atoms with Crippen LogP contribution in [0.25, 0.3) is 0 Å². The molecule has 2 N–H and O–H groups in total. The van der Waals surface area contributed by atoms with Crippen LogP contribution in [0, 0.1) is 6.92 Å². The molecular formula is C14H18F2N2O2S. The summed E-state index contributed by atoms with van der Waals surface area (Å²) < 4.78 is 34.1. The molecule has 2 rings (SSSR count). The van der Waals surface area contributed by atoms with Gasteiger partial charge in [0.2, 0.25) is 0 Å². The standard InChI is InChI=1S/C14H18F2N2O2S/c1-9-7-10(20-13(15)16)4-5-12(9)18-14(21)17-8-11-3-2-6-19-11/h4-5,7,11,13H,2-3,6,8H2,1H3,(H2,17,18,21). The van der Waals surface area contributed by atoms with E-state index in [4.69, 9.17) is 17.0 Å². The predicted molar refractivity (Wildman–Crippen MR) is 81.0 cm³/mol. The van der Waals surface area contributed by atoms with Gasteiger partial charge < -0.3 is 20.1 Å². The summed E-state index contributed by atoms with van der Waals surface area (Å²) in [6.45, 7) is 0.440. The van der Waals surface area contributed by atoms with Crippen molar-refractivity contribution in [1.29, 1.82) is 0 Å². The minimum Gasteiger partial charge on any atom is -0.435 e. The van der Waals surface area contributed by atoms with Crippen molar-refractivity contribution in [2.75, 3.05) is 18.5 Å². The molecule has 1 aromatic carbocycles. The number of nitrogens with one attached hydrogen (secondary N) is 2. The van der Waals surface area contributed by atoms with Gasteiger partial charge in [-0.25, -0.2) is 0 Å². The van der Waals surface area contributed by atoms with Crippen molar-refractivity contribution < 1.29 is 18.3 Å². The van der Waals surface area contributed by atoms with Crippen LogP contribution in [0.2, 0.25) is 0 Å². The van der Waals surface area contributed by atoms with Crippen LogP contribution in [0.4, 0.5) is 14.5 Å². The van der Waals surface area contributed by atoms with E-state index >= 15 is 0 Å². The molecule has 1 fully saturated rings. The lowest BCUT2D eigenvalue weighted by molar-refractivity contribution is -0.0498. The summed E-state index contributed by atoms with van der Waals surface area (Å²) in [6, 6.07) is 4.68. The summed E-state index contributed by atoms with van der Waals surface area (Å²) in [5.74, 6) is 0.131. The molecule has 0 radical (unpaired) electrons. The average Bonchev–Trinajstić information content (AvgIpc) is 2.92. The van der Waals surface area contributed by atoms with Crippen LogP contribution in [-0.2, 0) is 4.74 Å². The number of alkyl halides is 2. The third kappa shape index (κ3) is 5.09. The van der Waals surface area contributed by atoms with Gasteiger partial charge in [-0.3, -0.25) is 0 Å². The molecule has 0 aromatic heterocycles. The minimum atomic E-state index is -2.82. The van der Waals surface area contributed by atoms with Gasteiger partial charge in [0.15, 0.2) is 5.11 Å². The van der Waals surface area contributed by atoms with Crippen LogP contribution < -0.4 is 15.4 Å². The normalized spacial score (nSPS) is 17.8. The van der Waals surface area contributed by atoms with Crippen molar-refractivity contribution in [3.63, 3.8) is 0 Å². The Morgan fingerprint density at radius 2 is 2.33 bits per heavy atom. The molecule has 1 atom stereocenters. The van der Waals surface area contributed by atoms with E-state index in [2.05, 4.69) is 15.4 Å². The number of halogens is 2. The van der Waals surface area contributed by atoms with Gasteiger partial charge in [0.1, 0.15) is 5.75 Å². The summed E-state index contributed by atoms with van der Waals surface area (Å²) in [6.07, 6.45) is 2.32. The highest BCUT2D eigenvalue weighted by Crippen LogP contribution is 2.22. The number of anilines is 1. The Labute approximate surface area is 127 Å². The molecule has 0 amide bonds. The largest absolute Gasteiger partial charge is 0.435 e. The quantitative estimate of drug-likeness (QED) is 0.817. The number of aryl methyl sites for hydroxylation is 1. The molecule has 1 saturated heterocycles. The first-order valence-corrected chi connectivity index (χ1v) is 7.17. The van der Waals surface area contributed by atoms with E-state index in [-0.39, 0.29) is 11.9 Å². The SMILES string of the molecule is Cc1cc(OC(F)F)ccc1NC(=S)NCC1CCCO1. The molecular weight excluding hydrogens is 298 g/mol. The van der Waals surface area contributed by atoms with Gasteiger partial charge in [0.25, 0.3) is 0 Å². The third-order valence-electron chi connectivity index (χ3n) is 3.19. The van der Waals surface area contributed by atoms with Crippen LogP contribution in [0.5, 0.6) is 5.75 Å². The van der Waals surface area contributed by atoms with Crippen molar-refractivity contribution in [3.8, 4) is 5.75 Å². The van der Waals surface area contributed by atoms with Crippen molar-refractivity contribution >= 4 is 23.0 Å². The molecule has 7 heteroatoms. The molecule has 1 heterocycles. The van der Waals surface area contributed by atoms with E-state index in [1.165, 1.54) is 12.1 Å². The maximum absolute atomic E-state index is 12.1. The Morgan fingerprint density at radius 1 is 1.52 bits per heavy atom. The summed E-state index contributed by atoms with van der Waals surface area (Å²) in [4.78, 5) is 0. The summed E-state index contributed by atoms with van der Waals surface area (Å²) >= 11 is 5.20. The van der Waals surface area contributed by atoms with E-state index in [1.807, 2.05) is 0 Å². The number of thiocarbonyl (C=S) groups is 1. The van der Waals surface area contributed by atoms with E-state index in [1.54, 1.807) is 13.0 Å². The van der Waals surface area contributed by atoms with Gasteiger partial charge >= 0.3 is 6.61 Å². The maximum Gasteiger partial charge on any atom is 0.387 e. The van der Waals surface area contributed by atoms with Crippen LogP contribution >= 0.6 is 12.2 Å². The zero-order valence-electron chi connectivity index (χ0n) is 11.7. The second-order valence-corrected chi connectivity index (χ2v) is 5.23. The van der Waals surface area contributed by atoms with E-state index in [0.717, 1.165) is 30.7 Å². The molecule has 116 valence electrons. The van der Waals surface area contributed by atoms with Crippen LogP contribution in [0.3, 0.4) is 0 Å². The van der Waals surface area contributed by atoms with Crippen molar-refractivity contribution in [2.24, 2.45) is 0 Å². The van der Waals surface area contributed by atoms with Gasteiger partial charge in [0.05, 0.1) is 6.10 Å². The van der Waals surface area contributed by atoms with E-state index in [9.17, 15) is 8.78 Å². The molecule has 4 nitrogen and oxygen atoms in total. The first-order valence-electron chi connectivity index (χ1n) is 6.76. The smallest absolute Gasteiger partial charge is 0.387 e. The molecule has 1 aromatic rings. The van der Waals surface area contributed by atoms with Crippen LogP contribution in [0.15, 0.2) is 18.2 Å². The number of hydrogen-bond acceptors (Lipinski definition) is 3. The van der Waals surface area contributed by atoms with E-state index < -0.39 is 6.61 Å². The van der Waals surface area contributed by atoms with Crippen molar-refractivity contribution in [3.05, 3.63) is 23.8 Å². The monoisotopic (exact) mass is 316 g/mol. The molecule has 21 heavy (non-hydrogen) atoms. The maximum atomic E-state index is 12.1. The van der Waals surface area contributed by atoms with Gasteiger partial charge in [-0.1, -0.05) is 0 Å². The lowest BCUT2D eigenvalue weighted by Gasteiger charge is -2.15. The van der Waals surface area contributed by atoms with Crippen molar-refractivity contribution in [2.45, 2.75) is 32.5 Å². The van der Waals surface area contributed by atoms with Crippen LogP contribution in [-0.4, -0.2) is 31.0 Å². The molecule has 1 aliphatic heterocycles. The third-order valence-corrected chi connectivity index (χ3v) is 3.43. The number of hydrogen-bond donors (Lipinski definition) is 2. The Bertz CT molecular complexity index is 494. The Kier molecular flexibility index (Phi) is 5.69. The second-order valence-electron chi connectivity index (χ2n) is 4.83. The lowest BCUT2D eigenvalue weighted by Crippen LogP contribution is -2.34. The fourth-order valence-corrected chi connectivity index (χ4v) is 2.32. The van der Waals surface area contributed by atoms with Gasteiger partial charge in [0, 0.05) is 18.8 Å². The Balaban J connectivity index is 1.85. The minimum absolute atomic E-state index is 0.131. The molecule has 0 saturated carbocycles. The molecule has 1 unspecified atom stereocenters. The highest BCUT2D eigenvalue weighted by atomic mass is 32.1. The molecule has 1 aliphatic rings. The van der Waals surface area contributed by atoms with Gasteiger partial charge in [-0.2, -0.15) is 8.78 Å². The molecule has 0 spiro atoms. The Morgan fingerprint density at radius 3 is 2.95 bits per heavy atom. The predicted octanol–water partition coefficient (Wildman–Crippen LogP) is 3.06. The highest BCUT2D eigenvalue weighted by Gasteiger charge is 2.15. The summed E-state index contributed by atoms with van der Waals surface area (Å²) in [5.41, 5.74) is 1.52. The van der Waals surface area contributed by atoms with Gasteiger partial charge in [-0.15, -0.1) is 0 Å².